The van der Waals surface area contributed by atoms with Crippen LogP contribution in [0.25, 0.3) is 10.6 Å². The Balaban J connectivity index is 1.64. The van der Waals surface area contributed by atoms with Crippen molar-refractivity contribution in [2.75, 3.05) is 0 Å². The fourth-order valence-corrected chi connectivity index (χ4v) is 2.60. The molecule has 0 atom stereocenters. The van der Waals surface area contributed by atoms with Crippen molar-refractivity contribution >= 4 is 17.3 Å². The minimum atomic E-state index is -0.391. The number of pyridine rings is 1. The zero-order valence-electron chi connectivity index (χ0n) is 11.1. The third-order valence-electron chi connectivity index (χ3n) is 2.82. The van der Waals surface area contributed by atoms with Gasteiger partial charge in [-0.25, -0.2) is 9.78 Å². The highest BCUT2D eigenvalue weighted by atomic mass is 32.1. The smallest absolute Gasteiger partial charge is 0.340 e. The molecule has 0 aliphatic carbocycles. The van der Waals surface area contributed by atoms with Gasteiger partial charge in [0.25, 0.3) is 0 Å². The molecule has 3 rings (SSSR count). The average molecular weight is 296 g/mol. The normalized spacial score (nSPS) is 10.3. The number of benzene rings is 1. The first-order valence-electron chi connectivity index (χ1n) is 6.40. The summed E-state index contributed by atoms with van der Waals surface area (Å²) in [5.41, 5.74) is 2.25. The van der Waals surface area contributed by atoms with E-state index in [9.17, 15) is 4.79 Å². The molecule has 2 heterocycles. The number of aromatic nitrogens is 2. The van der Waals surface area contributed by atoms with Gasteiger partial charge in [0.05, 0.1) is 11.3 Å². The van der Waals surface area contributed by atoms with Crippen molar-refractivity contribution in [1.82, 2.24) is 9.97 Å². The van der Waals surface area contributed by atoms with E-state index in [1.165, 1.54) is 17.5 Å². The topological polar surface area (TPSA) is 52.1 Å². The van der Waals surface area contributed by atoms with Crippen molar-refractivity contribution < 1.29 is 9.53 Å². The van der Waals surface area contributed by atoms with Gasteiger partial charge in [0.2, 0.25) is 0 Å². The minimum absolute atomic E-state index is 0.164. The summed E-state index contributed by atoms with van der Waals surface area (Å²) in [5, 5.41) is 2.82. The number of esters is 1. The van der Waals surface area contributed by atoms with Crippen LogP contribution in [0.1, 0.15) is 16.1 Å². The van der Waals surface area contributed by atoms with Gasteiger partial charge in [-0.2, -0.15) is 0 Å². The van der Waals surface area contributed by atoms with Crippen LogP contribution in [-0.4, -0.2) is 15.9 Å². The van der Waals surface area contributed by atoms with Gasteiger partial charge in [-0.05, 0) is 12.1 Å². The molecule has 0 spiro atoms. The molecule has 0 N–H and O–H groups in total. The molecule has 0 bridgehead atoms. The van der Waals surface area contributed by atoms with Crippen molar-refractivity contribution in [3.63, 3.8) is 0 Å². The Labute approximate surface area is 126 Å². The Morgan fingerprint density at radius 3 is 2.76 bits per heavy atom. The summed E-state index contributed by atoms with van der Waals surface area (Å²) in [6, 6.07) is 13.3. The Morgan fingerprint density at radius 1 is 1.14 bits per heavy atom. The highest BCUT2D eigenvalue weighted by Gasteiger charge is 2.09. The maximum absolute atomic E-state index is 11.8. The molecule has 2 aromatic heterocycles. The van der Waals surface area contributed by atoms with E-state index >= 15 is 0 Å². The van der Waals surface area contributed by atoms with E-state index < -0.39 is 5.97 Å². The van der Waals surface area contributed by atoms with Gasteiger partial charge in [-0.1, -0.05) is 30.3 Å². The molecule has 0 aliphatic heterocycles. The number of nitrogens with zero attached hydrogens (tertiary/aromatic N) is 2. The first-order valence-corrected chi connectivity index (χ1v) is 7.28. The molecule has 0 aliphatic rings. The van der Waals surface area contributed by atoms with E-state index in [1.807, 2.05) is 35.7 Å². The van der Waals surface area contributed by atoms with Crippen molar-refractivity contribution in [3.8, 4) is 10.6 Å². The lowest BCUT2D eigenvalue weighted by Gasteiger charge is -2.01. The summed E-state index contributed by atoms with van der Waals surface area (Å²) >= 11 is 1.54. The molecule has 4 nitrogen and oxygen atoms in total. The van der Waals surface area contributed by atoms with Crippen molar-refractivity contribution in [2.45, 2.75) is 6.61 Å². The molecule has 104 valence electrons. The maximum atomic E-state index is 11.8. The zero-order chi connectivity index (χ0) is 14.5. The summed E-state index contributed by atoms with van der Waals surface area (Å²) < 4.78 is 5.23. The molecule has 1 aromatic carbocycles. The predicted molar refractivity (Wildman–Crippen MR) is 80.9 cm³/mol. The number of ether oxygens (including phenoxy) is 1. The van der Waals surface area contributed by atoms with E-state index in [1.54, 1.807) is 18.3 Å². The molecule has 0 unspecified atom stereocenters. The summed E-state index contributed by atoms with van der Waals surface area (Å²) in [4.78, 5) is 20.2. The number of carbonyl (C=O) groups is 1. The van der Waals surface area contributed by atoms with E-state index in [-0.39, 0.29) is 6.61 Å². The van der Waals surface area contributed by atoms with Gasteiger partial charge in [0.15, 0.2) is 0 Å². The highest BCUT2D eigenvalue weighted by Crippen LogP contribution is 2.23. The molecular weight excluding hydrogens is 284 g/mol. The van der Waals surface area contributed by atoms with Gasteiger partial charge >= 0.3 is 5.97 Å². The van der Waals surface area contributed by atoms with Crippen LogP contribution in [0.5, 0.6) is 0 Å². The van der Waals surface area contributed by atoms with E-state index in [2.05, 4.69) is 9.97 Å². The molecule has 5 heteroatoms. The largest absolute Gasteiger partial charge is 0.456 e. The van der Waals surface area contributed by atoms with Crippen molar-refractivity contribution in [2.24, 2.45) is 0 Å². The molecule has 0 saturated carbocycles. The zero-order valence-corrected chi connectivity index (χ0v) is 11.9. The molecule has 3 aromatic rings. The molecular formula is C16H12N2O2S. The van der Waals surface area contributed by atoms with Crippen LogP contribution in [-0.2, 0) is 11.3 Å². The summed E-state index contributed by atoms with van der Waals surface area (Å²) in [7, 11) is 0. The van der Waals surface area contributed by atoms with Crippen LogP contribution in [0.15, 0.2) is 60.2 Å². The van der Waals surface area contributed by atoms with Crippen LogP contribution >= 0.6 is 11.3 Å². The van der Waals surface area contributed by atoms with Crippen LogP contribution in [0.3, 0.4) is 0 Å². The Hall–Kier alpha value is -2.53. The average Bonchev–Trinajstić information content (AvgIpc) is 3.03. The van der Waals surface area contributed by atoms with Gasteiger partial charge < -0.3 is 4.74 Å². The minimum Gasteiger partial charge on any atom is -0.456 e. The third-order valence-corrected chi connectivity index (χ3v) is 3.76. The fraction of sp³-hybridized carbons (Fsp3) is 0.0625. The van der Waals surface area contributed by atoms with Gasteiger partial charge in [0.1, 0.15) is 11.6 Å². The van der Waals surface area contributed by atoms with Gasteiger partial charge in [-0.3, -0.25) is 4.98 Å². The predicted octanol–water partition coefficient (Wildman–Crippen LogP) is 3.56. The fourth-order valence-electron chi connectivity index (χ4n) is 1.79. The van der Waals surface area contributed by atoms with Crippen LogP contribution in [0.2, 0.25) is 0 Å². The molecule has 0 radical (unpaired) electrons. The summed E-state index contributed by atoms with van der Waals surface area (Å²) in [6.45, 7) is 0.164. The second-order valence-corrected chi connectivity index (χ2v) is 5.19. The number of rotatable bonds is 4. The maximum Gasteiger partial charge on any atom is 0.340 e. The first kappa shape index (κ1) is 13.5. The SMILES string of the molecule is O=C(OCc1csc(-c2ccccc2)n1)c1cccnc1. The Morgan fingerprint density at radius 2 is 2.00 bits per heavy atom. The van der Waals surface area contributed by atoms with E-state index in [4.69, 9.17) is 4.74 Å². The molecule has 0 fully saturated rings. The second-order valence-electron chi connectivity index (χ2n) is 4.33. The number of thiazole rings is 1. The third kappa shape index (κ3) is 3.32. The Kier molecular flexibility index (Phi) is 4.02. The highest BCUT2D eigenvalue weighted by molar-refractivity contribution is 7.13. The molecule has 21 heavy (non-hydrogen) atoms. The molecule has 0 saturated heterocycles. The monoisotopic (exact) mass is 296 g/mol. The van der Waals surface area contributed by atoms with Crippen molar-refractivity contribution in [3.05, 3.63) is 71.5 Å². The Bertz CT molecular complexity index is 726. The number of hydrogen-bond donors (Lipinski definition) is 0. The molecule has 0 amide bonds. The van der Waals surface area contributed by atoms with E-state index in [0.717, 1.165) is 16.3 Å². The lowest BCUT2D eigenvalue weighted by Crippen LogP contribution is -2.05. The number of carbonyl (C=O) groups excluding carboxylic acids is 1. The quantitative estimate of drug-likeness (QED) is 0.691. The standard InChI is InChI=1S/C16H12N2O2S/c19-16(13-7-4-8-17-9-13)20-10-14-11-21-15(18-14)12-5-2-1-3-6-12/h1-9,11H,10H2. The van der Waals surface area contributed by atoms with Crippen LogP contribution in [0, 0.1) is 0 Å². The van der Waals surface area contributed by atoms with Crippen LogP contribution in [0.4, 0.5) is 0 Å². The van der Waals surface area contributed by atoms with Crippen LogP contribution < -0.4 is 0 Å². The van der Waals surface area contributed by atoms with Gasteiger partial charge in [0, 0.05) is 23.3 Å². The lowest BCUT2D eigenvalue weighted by molar-refractivity contribution is 0.0468. The first-order chi connectivity index (χ1) is 10.3. The van der Waals surface area contributed by atoms with Gasteiger partial charge in [-0.15, -0.1) is 11.3 Å². The second kappa shape index (κ2) is 6.28. The summed E-state index contributed by atoms with van der Waals surface area (Å²) in [5.74, 6) is -0.391. The van der Waals surface area contributed by atoms with E-state index in [0.29, 0.717) is 5.56 Å². The van der Waals surface area contributed by atoms with Crippen molar-refractivity contribution in [1.29, 1.82) is 0 Å². The summed E-state index contributed by atoms with van der Waals surface area (Å²) in [6.07, 6.45) is 3.10. The number of hydrogen-bond acceptors (Lipinski definition) is 5. The lowest BCUT2D eigenvalue weighted by atomic mass is 10.2.